The van der Waals surface area contributed by atoms with E-state index >= 15 is 0 Å². The highest BCUT2D eigenvalue weighted by atomic mass is 16.3. The lowest BCUT2D eigenvalue weighted by molar-refractivity contribution is 0.476. The fraction of sp³-hybridized carbons (Fsp3) is 0.308. The van der Waals surface area contributed by atoms with Gasteiger partial charge in [-0.3, -0.25) is 0 Å². The molecule has 0 atom stereocenters. The normalized spacial score (nSPS) is 11.2. The number of nitrogens with zero attached hydrogens (tertiary/aromatic N) is 1. The zero-order valence-electron chi connectivity index (χ0n) is 9.28. The van der Waals surface area contributed by atoms with Gasteiger partial charge in [-0.2, -0.15) is 0 Å². The van der Waals surface area contributed by atoms with Crippen LogP contribution in [0.4, 0.5) is 0 Å². The van der Waals surface area contributed by atoms with Gasteiger partial charge in [-0.05, 0) is 24.5 Å². The molecule has 0 amide bonds. The minimum Gasteiger partial charge on any atom is -0.505 e. The second-order valence-corrected chi connectivity index (χ2v) is 4.19. The summed E-state index contributed by atoms with van der Waals surface area (Å²) in [4.78, 5) is 4.49. The summed E-state index contributed by atoms with van der Waals surface area (Å²) in [5, 5.41) is 10.9. The van der Waals surface area contributed by atoms with Gasteiger partial charge in [0.1, 0.15) is 11.3 Å². The lowest BCUT2D eigenvalue weighted by atomic mass is 10.1. The molecule has 0 unspecified atom stereocenters. The van der Waals surface area contributed by atoms with Crippen LogP contribution < -0.4 is 0 Å². The Hall–Kier alpha value is -1.57. The smallest absolute Gasteiger partial charge is 0.144 e. The van der Waals surface area contributed by atoms with Crippen LogP contribution in [0.15, 0.2) is 24.3 Å². The Labute approximate surface area is 89.6 Å². The molecule has 0 saturated heterocycles. The van der Waals surface area contributed by atoms with Crippen molar-refractivity contribution in [3.63, 3.8) is 0 Å². The molecule has 1 aromatic heterocycles. The highest BCUT2D eigenvalue weighted by Gasteiger charge is 2.07. The van der Waals surface area contributed by atoms with E-state index in [-0.39, 0.29) is 0 Å². The van der Waals surface area contributed by atoms with Crippen LogP contribution >= 0.6 is 0 Å². The molecule has 0 spiro atoms. The van der Waals surface area contributed by atoms with E-state index < -0.39 is 0 Å². The standard InChI is InChI=1S/C13H15NO/c1-8(2)11-7-6-10-5-4-9(3)13(15)12(10)14-11/h4-8,15H,1-3H3. The summed E-state index contributed by atoms with van der Waals surface area (Å²) in [6.45, 7) is 6.08. The van der Waals surface area contributed by atoms with Crippen LogP contribution in [-0.2, 0) is 0 Å². The van der Waals surface area contributed by atoms with Crippen molar-refractivity contribution in [2.45, 2.75) is 26.7 Å². The van der Waals surface area contributed by atoms with E-state index in [1.165, 1.54) is 0 Å². The first kappa shape index (κ1) is 9.97. The molecule has 1 N–H and O–H groups in total. The van der Waals surface area contributed by atoms with Gasteiger partial charge in [-0.1, -0.05) is 32.0 Å². The first-order valence-corrected chi connectivity index (χ1v) is 5.19. The minimum absolute atomic E-state index is 0.301. The number of benzene rings is 1. The van der Waals surface area contributed by atoms with E-state index in [4.69, 9.17) is 0 Å². The quantitative estimate of drug-likeness (QED) is 0.767. The molecule has 2 aromatic rings. The van der Waals surface area contributed by atoms with Crippen molar-refractivity contribution < 1.29 is 5.11 Å². The summed E-state index contributed by atoms with van der Waals surface area (Å²) in [5.74, 6) is 0.685. The van der Waals surface area contributed by atoms with Crippen molar-refractivity contribution in [3.05, 3.63) is 35.5 Å². The molecular formula is C13H15NO. The fourth-order valence-electron chi connectivity index (χ4n) is 1.61. The largest absolute Gasteiger partial charge is 0.505 e. The Balaban J connectivity index is 2.73. The molecule has 0 saturated carbocycles. The van der Waals surface area contributed by atoms with Gasteiger partial charge in [-0.15, -0.1) is 0 Å². The van der Waals surface area contributed by atoms with E-state index in [1.807, 2.05) is 31.2 Å². The van der Waals surface area contributed by atoms with Crippen molar-refractivity contribution in [3.8, 4) is 5.75 Å². The molecule has 0 aliphatic rings. The van der Waals surface area contributed by atoms with Crippen molar-refractivity contribution in [1.82, 2.24) is 4.98 Å². The number of pyridine rings is 1. The topological polar surface area (TPSA) is 33.1 Å². The lowest BCUT2D eigenvalue weighted by Crippen LogP contribution is -1.93. The molecule has 78 valence electrons. The van der Waals surface area contributed by atoms with Crippen LogP contribution in [0.3, 0.4) is 0 Å². The minimum atomic E-state index is 0.301. The Morgan fingerprint density at radius 1 is 1.13 bits per heavy atom. The molecule has 2 nitrogen and oxygen atoms in total. The van der Waals surface area contributed by atoms with E-state index in [0.29, 0.717) is 17.2 Å². The summed E-state index contributed by atoms with van der Waals surface area (Å²) >= 11 is 0. The van der Waals surface area contributed by atoms with Crippen molar-refractivity contribution in [2.75, 3.05) is 0 Å². The van der Waals surface area contributed by atoms with Crippen molar-refractivity contribution >= 4 is 10.9 Å². The number of phenols is 1. The molecule has 1 heterocycles. The number of aromatic hydroxyl groups is 1. The molecule has 0 aliphatic carbocycles. The summed E-state index contributed by atoms with van der Waals surface area (Å²) in [7, 11) is 0. The summed E-state index contributed by atoms with van der Waals surface area (Å²) in [6, 6.07) is 7.93. The van der Waals surface area contributed by atoms with Gasteiger partial charge in [0.25, 0.3) is 0 Å². The Bertz CT molecular complexity index is 503. The average molecular weight is 201 g/mol. The lowest BCUT2D eigenvalue weighted by Gasteiger charge is -2.08. The van der Waals surface area contributed by atoms with Crippen LogP contribution in [0.5, 0.6) is 5.75 Å². The Kier molecular flexibility index (Phi) is 2.35. The second kappa shape index (κ2) is 3.54. The number of hydrogen-bond acceptors (Lipinski definition) is 2. The molecule has 0 radical (unpaired) electrons. The second-order valence-electron chi connectivity index (χ2n) is 4.19. The summed E-state index contributed by atoms with van der Waals surface area (Å²) < 4.78 is 0. The van der Waals surface area contributed by atoms with E-state index in [1.54, 1.807) is 0 Å². The number of hydrogen-bond donors (Lipinski definition) is 1. The Morgan fingerprint density at radius 3 is 2.47 bits per heavy atom. The zero-order valence-corrected chi connectivity index (χ0v) is 9.28. The molecule has 2 rings (SSSR count). The van der Waals surface area contributed by atoms with Crippen LogP contribution in [0, 0.1) is 6.92 Å². The van der Waals surface area contributed by atoms with Crippen molar-refractivity contribution in [1.29, 1.82) is 0 Å². The van der Waals surface area contributed by atoms with Gasteiger partial charge in [0, 0.05) is 11.1 Å². The predicted molar refractivity (Wildman–Crippen MR) is 62.2 cm³/mol. The third-order valence-corrected chi connectivity index (χ3v) is 2.65. The number of aryl methyl sites for hydroxylation is 1. The number of aromatic nitrogens is 1. The summed E-state index contributed by atoms with van der Waals surface area (Å²) in [6.07, 6.45) is 0. The maximum atomic E-state index is 9.90. The first-order chi connectivity index (χ1) is 7.09. The predicted octanol–water partition coefficient (Wildman–Crippen LogP) is 3.37. The molecule has 0 aliphatic heterocycles. The molecule has 0 fully saturated rings. The van der Waals surface area contributed by atoms with Gasteiger partial charge in [0.15, 0.2) is 0 Å². The van der Waals surface area contributed by atoms with Crippen LogP contribution in [0.2, 0.25) is 0 Å². The molecule has 15 heavy (non-hydrogen) atoms. The Morgan fingerprint density at radius 2 is 1.80 bits per heavy atom. The SMILES string of the molecule is Cc1ccc2ccc(C(C)C)nc2c1O. The molecule has 1 aromatic carbocycles. The third-order valence-electron chi connectivity index (χ3n) is 2.65. The molecule has 2 heteroatoms. The average Bonchev–Trinajstić information content (AvgIpc) is 2.23. The maximum absolute atomic E-state index is 9.90. The fourth-order valence-corrected chi connectivity index (χ4v) is 1.61. The van der Waals surface area contributed by atoms with Gasteiger partial charge in [0.2, 0.25) is 0 Å². The van der Waals surface area contributed by atoms with Crippen LogP contribution in [0.1, 0.15) is 31.0 Å². The first-order valence-electron chi connectivity index (χ1n) is 5.19. The van der Waals surface area contributed by atoms with E-state index in [0.717, 1.165) is 16.6 Å². The maximum Gasteiger partial charge on any atom is 0.144 e. The van der Waals surface area contributed by atoms with E-state index in [9.17, 15) is 5.11 Å². The van der Waals surface area contributed by atoms with Gasteiger partial charge >= 0.3 is 0 Å². The highest BCUT2D eigenvalue weighted by molar-refractivity contribution is 5.85. The number of rotatable bonds is 1. The molecular weight excluding hydrogens is 186 g/mol. The van der Waals surface area contributed by atoms with E-state index in [2.05, 4.69) is 18.8 Å². The van der Waals surface area contributed by atoms with Gasteiger partial charge in [-0.25, -0.2) is 4.98 Å². The third kappa shape index (κ3) is 1.67. The monoisotopic (exact) mass is 201 g/mol. The highest BCUT2D eigenvalue weighted by Crippen LogP contribution is 2.27. The van der Waals surface area contributed by atoms with Gasteiger partial charge in [0.05, 0.1) is 0 Å². The zero-order chi connectivity index (χ0) is 11.0. The number of fused-ring (bicyclic) bond motifs is 1. The van der Waals surface area contributed by atoms with Gasteiger partial charge < -0.3 is 5.11 Å². The summed E-state index contributed by atoms with van der Waals surface area (Å²) in [5.41, 5.74) is 2.60. The van der Waals surface area contributed by atoms with Crippen LogP contribution in [0.25, 0.3) is 10.9 Å². The number of phenolic OH excluding ortho intramolecular Hbond substituents is 1. The van der Waals surface area contributed by atoms with Crippen LogP contribution in [-0.4, -0.2) is 10.1 Å². The van der Waals surface area contributed by atoms with Crippen molar-refractivity contribution in [2.24, 2.45) is 0 Å². The molecule has 0 bridgehead atoms.